The van der Waals surface area contributed by atoms with Gasteiger partial charge in [-0.15, -0.1) is 0 Å². The van der Waals surface area contributed by atoms with Crippen LogP contribution in [0.15, 0.2) is 0 Å². The number of nitrogens with one attached hydrogen (secondary N) is 1. The van der Waals surface area contributed by atoms with Crippen molar-refractivity contribution in [2.24, 2.45) is 23.7 Å². The first kappa shape index (κ1) is 16.5. The summed E-state index contributed by atoms with van der Waals surface area (Å²) < 4.78 is 0. The summed E-state index contributed by atoms with van der Waals surface area (Å²) in [6, 6.07) is 0.0139. The van der Waals surface area contributed by atoms with Crippen molar-refractivity contribution >= 4 is 5.91 Å². The van der Waals surface area contributed by atoms with Gasteiger partial charge in [-0.1, -0.05) is 48.0 Å². The van der Waals surface area contributed by atoms with Gasteiger partial charge >= 0.3 is 0 Å². The fourth-order valence-electron chi connectivity index (χ4n) is 3.10. The highest BCUT2D eigenvalue weighted by Gasteiger charge is 2.40. The minimum Gasteiger partial charge on any atom is -0.326 e. The summed E-state index contributed by atoms with van der Waals surface area (Å²) in [5.74, 6) is 2.51. The Kier molecular flexibility index (Phi) is 5.84. The van der Waals surface area contributed by atoms with Crippen LogP contribution in [0.1, 0.15) is 54.9 Å². The molecule has 19 heavy (non-hydrogen) atoms. The maximum Gasteiger partial charge on any atom is 0.241 e. The SMILES string of the molecule is CCC(C)C1NC(C)N(CC(C(C)C)C(C)C)C1=O. The van der Waals surface area contributed by atoms with Crippen LogP contribution in [-0.4, -0.2) is 29.6 Å². The molecule has 3 atom stereocenters. The van der Waals surface area contributed by atoms with Crippen LogP contribution >= 0.6 is 0 Å². The van der Waals surface area contributed by atoms with Crippen molar-refractivity contribution in [3.63, 3.8) is 0 Å². The average molecular weight is 268 g/mol. The van der Waals surface area contributed by atoms with Crippen molar-refractivity contribution in [3.8, 4) is 0 Å². The van der Waals surface area contributed by atoms with Crippen molar-refractivity contribution in [3.05, 3.63) is 0 Å². The van der Waals surface area contributed by atoms with Crippen molar-refractivity contribution in [2.75, 3.05) is 6.54 Å². The number of nitrogens with zero attached hydrogens (tertiary/aromatic N) is 1. The topological polar surface area (TPSA) is 32.3 Å². The first-order valence-corrected chi connectivity index (χ1v) is 7.86. The molecular weight excluding hydrogens is 236 g/mol. The summed E-state index contributed by atoms with van der Waals surface area (Å²) in [4.78, 5) is 14.6. The first-order chi connectivity index (χ1) is 8.79. The lowest BCUT2D eigenvalue weighted by atomic mass is 9.85. The van der Waals surface area contributed by atoms with Gasteiger partial charge in [0.05, 0.1) is 12.2 Å². The van der Waals surface area contributed by atoms with E-state index in [0.717, 1.165) is 13.0 Å². The van der Waals surface area contributed by atoms with Crippen LogP contribution in [0.4, 0.5) is 0 Å². The molecule has 1 rings (SSSR count). The van der Waals surface area contributed by atoms with Gasteiger partial charge in [-0.2, -0.15) is 0 Å². The molecule has 3 unspecified atom stereocenters. The standard InChI is InChI=1S/C16H32N2O/c1-8-12(6)15-16(19)18(13(7)17-15)9-14(10(2)3)11(4)5/h10-15,17H,8-9H2,1-7H3. The molecule has 0 radical (unpaired) electrons. The predicted molar refractivity (Wildman–Crippen MR) is 80.7 cm³/mol. The molecule has 1 aliphatic rings. The van der Waals surface area contributed by atoms with E-state index in [9.17, 15) is 4.79 Å². The molecule has 0 bridgehead atoms. The highest BCUT2D eigenvalue weighted by Crippen LogP contribution is 2.26. The van der Waals surface area contributed by atoms with E-state index in [0.29, 0.717) is 29.6 Å². The largest absolute Gasteiger partial charge is 0.326 e. The Labute approximate surface area is 119 Å². The van der Waals surface area contributed by atoms with E-state index in [2.05, 4.69) is 58.7 Å². The number of hydrogen-bond donors (Lipinski definition) is 1. The molecule has 112 valence electrons. The second-order valence-corrected chi connectivity index (χ2v) is 6.85. The molecule has 0 aromatic carbocycles. The molecule has 3 nitrogen and oxygen atoms in total. The zero-order valence-corrected chi connectivity index (χ0v) is 13.7. The molecule has 0 saturated carbocycles. The van der Waals surface area contributed by atoms with Gasteiger partial charge < -0.3 is 4.90 Å². The van der Waals surface area contributed by atoms with E-state index in [1.54, 1.807) is 0 Å². The third-order valence-electron chi connectivity index (χ3n) is 4.77. The summed E-state index contributed by atoms with van der Waals surface area (Å²) in [7, 11) is 0. The van der Waals surface area contributed by atoms with E-state index < -0.39 is 0 Å². The maximum absolute atomic E-state index is 12.6. The molecular formula is C16H32N2O. The van der Waals surface area contributed by atoms with Gasteiger partial charge in [0.15, 0.2) is 0 Å². The van der Waals surface area contributed by atoms with Crippen LogP contribution in [0.3, 0.4) is 0 Å². The molecule has 0 aliphatic carbocycles. The van der Waals surface area contributed by atoms with E-state index in [-0.39, 0.29) is 12.2 Å². The summed E-state index contributed by atoms with van der Waals surface area (Å²) in [5, 5.41) is 3.46. The highest BCUT2D eigenvalue weighted by atomic mass is 16.2. The summed E-state index contributed by atoms with van der Waals surface area (Å²) >= 11 is 0. The van der Waals surface area contributed by atoms with Crippen LogP contribution in [0.25, 0.3) is 0 Å². The maximum atomic E-state index is 12.6. The van der Waals surface area contributed by atoms with Gasteiger partial charge in [-0.3, -0.25) is 10.1 Å². The molecule has 1 N–H and O–H groups in total. The first-order valence-electron chi connectivity index (χ1n) is 7.86. The van der Waals surface area contributed by atoms with Crippen molar-refractivity contribution in [1.82, 2.24) is 10.2 Å². The molecule has 0 spiro atoms. The Bertz CT molecular complexity index is 293. The van der Waals surface area contributed by atoms with Crippen molar-refractivity contribution in [1.29, 1.82) is 0 Å². The lowest BCUT2D eigenvalue weighted by Gasteiger charge is -2.31. The van der Waals surface area contributed by atoms with E-state index >= 15 is 0 Å². The molecule has 0 aromatic rings. The fourth-order valence-corrected chi connectivity index (χ4v) is 3.10. The second-order valence-electron chi connectivity index (χ2n) is 6.85. The Hall–Kier alpha value is -0.570. The predicted octanol–water partition coefficient (Wildman–Crippen LogP) is 3.11. The van der Waals surface area contributed by atoms with E-state index in [1.165, 1.54) is 0 Å². The Morgan fingerprint density at radius 3 is 2.11 bits per heavy atom. The lowest BCUT2D eigenvalue weighted by molar-refractivity contribution is -0.131. The second kappa shape index (κ2) is 6.74. The zero-order chi connectivity index (χ0) is 14.7. The van der Waals surface area contributed by atoms with Gasteiger partial charge in [0.25, 0.3) is 0 Å². The van der Waals surface area contributed by atoms with Crippen molar-refractivity contribution in [2.45, 2.75) is 67.1 Å². The van der Waals surface area contributed by atoms with Crippen LogP contribution < -0.4 is 5.32 Å². The van der Waals surface area contributed by atoms with Crippen LogP contribution in [-0.2, 0) is 4.79 Å². The number of rotatable bonds is 6. The minimum atomic E-state index is 0.0139. The normalized spacial score (nSPS) is 26.0. The van der Waals surface area contributed by atoms with Gasteiger partial charge in [-0.25, -0.2) is 0 Å². The monoisotopic (exact) mass is 268 g/mol. The van der Waals surface area contributed by atoms with Gasteiger partial charge in [0, 0.05) is 6.54 Å². The van der Waals surface area contributed by atoms with Crippen LogP contribution in [0.5, 0.6) is 0 Å². The third kappa shape index (κ3) is 3.71. The lowest BCUT2D eigenvalue weighted by Crippen LogP contribution is -2.41. The Morgan fingerprint density at radius 2 is 1.68 bits per heavy atom. The van der Waals surface area contributed by atoms with Gasteiger partial charge in [0.1, 0.15) is 0 Å². The summed E-state index contributed by atoms with van der Waals surface area (Å²) in [5.41, 5.74) is 0. The van der Waals surface area contributed by atoms with Crippen LogP contribution in [0, 0.1) is 23.7 Å². The third-order valence-corrected chi connectivity index (χ3v) is 4.77. The van der Waals surface area contributed by atoms with Crippen molar-refractivity contribution < 1.29 is 4.79 Å². The molecule has 1 heterocycles. The molecule has 1 amide bonds. The molecule has 1 saturated heterocycles. The number of carbonyl (C=O) groups is 1. The highest BCUT2D eigenvalue weighted by molar-refractivity contribution is 5.84. The summed E-state index contributed by atoms with van der Waals surface area (Å²) in [6.07, 6.45) is 1.22. The number of carbonyl (C=O) groups excluding carboxylic acids is 1. The Balaban J connectivity index is 2.75. The van der Waals surface area contributed by atoms with E-state index in [1.807, 2.05) is 0 Å². The Morgan fingerprint density at radius 1 is 1.16 bits per heavy atom. The minimum absolute atomic E-state index is 0.0139. The molecule has 0 aromatic heterocycles. The zero-order valence-electron chi connectivity index (χ0n) is 13.7. The van der Waals surface area contributed by atoms with Gasteiger partial charge in [0.2, 0.25) is 5.91 Å². The number of hydrogen-bond acceptors (Lipinski definition) is 2. The van der Waals surface area contributed by atoms with Gasteiger partial charge in [-0.05, 0) is 30.6 Å². The fraction of sp³-hybridized carbons (Fsp3) is 0.938. The molecule has 1 aliphatic heterocycles. The summed E-state index contributed by atoms with van der Waals surface area (Å²) in [6.45, 7) is 16.3. The average Bonchev–Trinajstić information content (AvgIpc) is 2.60. The van der Waals surface area contributed by atoms with E-state index in [4.69, 9.17) is 0 Å². The number of amides is 1. The smallest absolute Gasteiger partial charge is 0.241 e. The van der Waals surface area contributed by atoms with Crippen LogP contribution in [0.2, 0.25) is 0 Å². The molecule has 1 fully saturated rings. The molecule has 3 heteroatoms. The quantitative estimate of drug-likeness (QED) is 0.803.